The monoisotopic (exact) mass is 304 g/mol. The Hall–Kier alpha value is -1.92. The van der Waals surface area contributed by atoms with Gasteiger partial charge in [0, 0.05) is 5.56 Å². The van der Waals surface area contributed by atoms with Crippen LogP contribution < -0.4 is 0 Å². The predicted molar refractivity (Wildman–Crippen MR) is 77.2 cm³/mol. The fourth-order valence-electron chi connectivity index (χ4n) is 1.62. The Balaban J connectivity index is 1.90. The molecule has 0 radical (unpaired) electrons. The Kier molecular flexibility index (Phi) is 3.42. The van der Waals surface area contributed by atoms with Crippen molar-refractivity contribution in [1.29, 1.82) is 0 Å². The SMILES string of the molecule is Cc1nc2nc(SC(=O)c3ccccc3)nn2cc1Cl. The number of halogens is 1. The van der Waals surface area contributed by atoms with E-state index < -0.39 is 0 Å². The highest BCUT2D eigenvalue weighted by Crippen LogP contribution is 2.21. The quantitative estimate of drug-likeness (QED) is 0.681. The van der Waals surface area contributed by atoms with Crippen LogP contribution in [0.4, 0.5) is 0 Å². The summed E-state index contributed by atoms with van der Waals surface area (Å²) in [7, 11) is 0. The average Bonchev–Trinajstić information content (AvgIpc) is 2.81. The molecule has 0 fully saturated rings. The van der Waals surface area contributed by atoms with E-state index in [4.69, 9.17) is 11.6 Å². The predicted octanol–water partition coefficient (Wildman–Crippen LogP) is 3.02. The van der Waals surface area contributed by atoms with Gasteiger partial charge >= 0.3 is 0 Å². The topological polar surface area (TPSA) is 60.2 Å². The highest BCUT2D eigenvalue weighted by atomic mass is 35.5. The van der Waals surface area contributed by atoms with Crippen LogP contribution in [0.5, 0.6) is 0 Å². The second-order valence-corrected chi connectivity index (χ2v) is 5.42. The average molecular weight is 305 g/mol. The molecular formula is C13H9ClN4OS. The smallest absolute Gasteiger partial charge is 0.253 e. The summed E-state index contributed by atoms with van der Waals surface area (Å²) in [5.74, 6) is 0.426. The van der Waals surface area contributed by atoms with Crippen LogP contribution in [0.15, 0.2) is 41.7 Å². The van der Waals surface area contributed by atoms with Crippen LogP contribution >= 0.6 is 23.4 Å². The molecule has 0 aliphatic rings. The van der Waals surface area contributed by atoms with Gasteiger partial charge < -0.3 is 0 Å². The molecule has 100 valence electrons. The van der Waals surface area contributed by atoms with Gasteiger partial charge in [-0.25, -0.2) is 9.50 Å². The number of thioether (sulfide) groups is 1. The summed E-state index contributed by atoms with van der Waals surface area (Å²) in [5, 5.41) is 4.94. The number of carbonyl (C=O) groups is 1. The first-order valence-electron chi connectivity index (χ1n) is 5.80. The van der Waals surface area contributed by atoms with E-state index in [0.717, 1.165) is 11.8 Å². The molecule has 0 spiro atoms. The summed E-state index contributed by atoms with van der Waals surface area (Å²) < 4.78 is 1.47. The molecule has 3 rings (SSSR count). The van der Waals surface area contributed by atoms with Gasteiger partial charge in [-0.3, -0.25) is 4.79 Å². The van der Waals surface area contributed by atoms with E-state index in [1.807, 2.05) is 18.2 Å². The molecule has 0 unspecified atom stereocenters. The van der Waals surface area contributed by atoms with Crippen molar-refractivity contribution in [3.05, 3.63) is 52.8 Å². The normalized spacial score (nSPS) is 10.9. The summed E-state index contributed by atoms with van der Waals surface area (Å²) in [4.78, 5) is 20.5. The molecule has 0 N–H and O–H groups in total. The minimum atomic E-state index is -0.107. The molecular weight excluding hydrogens is 296 g/mol. The molecule has 2 heterocycles. The van der Waals surface area contributed by atoms with Crippen molar-refractivity contribution in [2.45, 2.75) is 12.1 Å². The van der Waals surface area contributed by atoms with Crippen LogP contribution in [0.3, 0.4) is 0 Å². The van der Waals surface area contributed by atoms with Crippen LogP contribution in [0.1, 0.15) is 16.1 Å². The third kappa shape index (κ3) is 2.52. The molecule has 20 heavy (non-hydrogen) atoms. The Morgan fingerprint density at radius 2 is 2.00 bits per heavy atom. The number of aromatic nitrogens is 4. The number of hydrogen-bond donors (Lipinski definition) is 0. The summed E-state index contributed by atoms with van der Waals surface area (Å²) >= 11 is 6.94. The van der Waals surface area contributed by atoms with E-state index in [1.54, 1.807) is 25.3 Å². The molecule has 2 aromatic heterocycles. The number of hydrogen-bond acceptors (Lipinski definition) is 5. The first-order valence-corrected chi connectivity index (χ1v) is 7.00. The summed E-state index contributed by atoms with van der Waals surface area (Å²) in [5.41, 5.74) is 1.29. The Morgan fingerprint density at radius 3 is 2.75 bits per heavy atom. The molecule has 0 saturated carbocycles. The van der Waals surface area contributed by atoms with Crippen molar-refractivity contribution in [1.82, 2.24) is 19.6 Å². The van der Waals surface area contributed by atoms with Crippen LogP contribution in [0.25, 0.3) is 5.78 Å². The molecule has 1 aromatic carbocycles. The van der Waals surface area contributed by atoms with Crippen molar-refractivity contribution in [3.63, 3.8) is 0 Å². The van der Waals surface area contributed by atoms with Crippen LogP contribution in [0, 0.1) is 6.92 Å². The third-order valence-corrected chi connectivity index (χ3v) is 3.78. The zero-order chi connectivity index (χ0) is 14.1. The highest BCUT2D eigenvalue weighted by molar-refractivity contribution is 8.14. The molecule has 7 heteroatoms. The maximum Gasteiger partial charge on any atom is 0.253 e. The second kappa shape index (κ2) is 5.22. The summed E-state index contributed by atoms with van der Waals surface area (Å²) in [6.45, 7) is 1.79. The lowest BCUT2D eigenvalue weighted by Crippen LogP contribution is -1.94. The van der Waals surface area contributed by atoms with E-state index in [2.05, 4.69) is 15.1 Å². The third-order valence-electron chi connectivity index (χ3n) is 2.64. The molecule has 0 saturated heterocycles. The lowest BCUT2D eigenvalue weighted by Gasteiger charge is -1.95. The van der Waals surface area contributed by atoms with Crippen LogP contribution in [-0.2, 0) is 0 Å². The van der Waals surface area contributed by atoms with Crippen molar-refractivity contribution < 1.29 is 4.79 Å². The first-order chi connectivity index (χ1) is 9.63. The van der Waals surface area contributed by atoms with Crippen molar-refractivity contribution in [3.8, 4) is 0 Å². The Labute approximate surface area is 124 Å². The van der Waals surface area contributed by atoms with Crippen molar-refractivity contribution >= 4 is 34.3 Å². The fraction of sp³-hybridized carbons (Fsp3) is 0.0769. The van der Waals surface area contributed by atoms with Gasteiger partial charge in [0.1, 0.15) is 0 Å². The van der Waals surface area contributed by atoms with Crippen molar-refractivity contribution in [2.75, 3.05) is 0 Å². The summed E-state index contributed by atoms with van der Waals surface area (Å²) in [6, 6.07) is 9.00. The van der Waals surface area contributed by atoms with Gasteiger partial charge in [0.15, 0.2) is 0 Å². The summed E-state index contributed by atoms with van der Waals surface area (Å²) in [6.07, 6.45) is 1.63. The number of benzene rings is 1. The first kappa shape index (κ1) is 13.1. The van der Waals surface area contributed by atoms with Gasteiger partial charge in [-0.15, -0.1) is 5.10 Å². The lowest BCUT2D eigenvalue weighted by atomic mass is 10.2. The van der Waals surface area contributed by atoms with Gasteiger partial charge in [0.05, 0.1) is 16.9 Å². The molecule has 0 aliphatic carbocycles. The van der Waals surface area contributed by atoms with E-state index in [9.17, 15) is 4.79 Å². The number of carbonyl (C=O) groups excluding carboxylic acids is 1. The largest absolute Gasteiger partial charge is 0.281 e. The number of nitrogens with zero attached hydrogens (tertiary/aromatic N) is 4. The number of fused-ring (bicyclic) bond motifs is 1. The van der Waals surface area contributed by atoms with Gasteiger partial charge in [-0.2, -0.15) is 4.98 Å². The Bertz CT molecular complexity index is 749. The van der Waals surface area contributed by atoms with E-state index in [1.165, 1.54) is 4.52 Å². The van der Waals surface area contributed by atoms with Crippen LogP contribution in [-0.4, -0.2) is 24.7 Å². The maximum absolute atomic E-state index is 12.1. The molecule has 0 aliphatic heterocycles. The maximum atomic E-state index is 12.1. The minimum absolute atomic E-state index is 0.107. The van der Waals surface area contributed by atoms with Gasteiger partial charge in [0.2, 0.25) is 10.3 Å². The van der Waals surface area contributed by atoms with Crippen molar-refractivity contribution in [2.24, 2.45) is 0 Å². The zero-order valence-corrected chi connectivity index (χ0v) is 12.0. The van der Waals surface area contributed by atoms with Gasteiger partial charge in [-0.05, 0) is 18.7 Å². The highest BCUT2D eigenvalue weighted by Gasteiger charge is 2.13. The molecule has 0 amide bonds. The lowest BCUT2D eigenvalue weighted by molar-refractivity contribution is 0.108. The van der Waals surface area contributed by atoms with Crippen LogP contribution in [0.2, 0.25) is 5.02 Å². The minimum Gasteiger partial charge on any atom is -0.281 e. The van der Waals surface area contributed by atoms with Gasteiger partial charge in [0.25, 0.3) is 5.78 Å². The molecule has 5 nitrogen and oxygen atoms in total. The number of aryl methyl sites for hydroxylation is 1. The number of rotatable bonds is 2. The van der Waals surface area contributed by atoms with E-state index in [-0.39, 0.29) is 5.12 Å². The van der Waals surface area contributed by atoms with E-state index >= 15 is 0 Å². The molecule has 0 atom stereocenters. The fourth-order valence-corrected chi connectivity index (χ4v) is 2.43. The molecule has 0 bridgehead atoms. The standard InChI is InChI=1S/C13H9ClN4OS/c1-8-10(14)7-18-12(15-8)16-13(17-18)20-11(19)9-5-3-2-4-6-9/h2-7H,1H3. The van der Waals surface area contributed by atoms with E-state index in [0.29, 0.717) is 27.2 Å². The zero-order valence-electron chi connectivity index (χ0n) is 10.4. The molecule has 3 aromatic rings. The van der Waals surface area contributed by atoms with Gasteiger partial charge in [-0.1, -0.05) is 41.9 Å². The second-order valence-electron chi connectivity index (χ2n) is 4.07. The Morgan fingerprint density at radius 1 is 1.25 bits per heavy atom.